The first-order valence-corrected chi connectivity index (χ1v) is 10.6. The van der Waals surface area contributed by atoms with Crippen molar-refractivity contribution in [2.45, 2.75) is 37.7 Å². The zero-order valence-corrected chi connectivity index (χ0v) is 18.2. The highest BCUT2D eigenvalue weighted by Gasteiger charge is 2.42. The lowest BCUT2D eigenvalue weighted by molar-refractivity contribution is -0.321. The second kappa shape index (κ2) is 10.8. The van der Waals surface area contributed by atoms with E-state index < -0.39 is 66.2 Å². The van der Waals surface area contributed by atoms with Crippen molar-refractivity contribution >= 4 is 35.1 Å². The molecule has 2 heterocycles. The normalized spacial score (nSPS) is 20.5. The minimum absolute atomic E-state index is 0.0163. The molecule has 1 aromatic carbocycles. The number of anilines is 1. The molecule has 4 amide bonds. The summed E-state index contributed by atoms with van der Waals surface area (Å²) >= 11 is 0. The predicted octanol–water partition coefficient (Wildman–Crippen LogP) is 0.482. The van der Waals surface area contributed by atoms with Crippen molar-refractivity contribution in [1.82, 2.24) is 15.5 Å². The molecule has 0 saturated carbocycles. The van der Waals surface area contributed by atoms with Gasteiger partial charge >= 0.3 is 18.2 Å². The number of halogens is 4. The van der Waals surface area contributed by atoms with Crippen LogP contribution in [0.2, 0.25) is 0 Å². The van der Waals surface area contributed by atoms with Crippen LogP contribution in [-0.2, 0) is 28.7 Å². The lowest BCUT2D eigenvalue weighted by atomic mass is 9.94. The number of amides is 4. The third-order valence-corrected chi connectivity index (χ3v) is 5.67. The van der Waals surface area contributed by atoms with Crippen LogP contribution in [0, 0.1) is 11.7 Å². The molecular formula is C21H22F4N4O6. The van der Waals surface area contributed by atoms with Crippen LogP contribution < -0.4 is 16.0 Å². The number of hydrogen-bond acceptors (Lipinski definition) is 6. The standard InChI is InChI=1S/C21H22F4N4O6/c22-12-3-1-2-4-13(12)27-19(33)20(34)29-8-6-15(29)18(32)28-14(9-11-5-7-26-17(11)31)16(30)10-35-21(23,24)25/h1-4,11,14-15H,5-10H2,(H,26,31)(H,27,33)(H,28,32). The molecule has 2 saturated heterocycles. The predicted molar refractivity (Wildman–Crippen MR) is 110 cm³/mol. The molecule has 2 aliphatic rings. The summed E-state index contributed by atoms with van der Waals surface area (Å²) in [5.41, 5.74) is -0.238. The van der Waals surface area contributed by atoms with Crippen molar-refractivity contribution in [2.75, 3.05) is 25.0 Å². The highest BCUT2D eigenvalue weighted by Crippen LogP contribution is 2.22. The first-order valence-electron chi connectivity index (χ1n) is 10.6. The summed E-state index contributed by atoms with van der Waals surface area (Å²) in [4.78, 5) is 62.5. The van der Waals surface area contributed by atoms with E-state index in [1.807, 2.05) is 0 Å². The Bertz CT molecular complexity index is 1020. The smallest absolute Gasteiger partial charge is 0.356 e. The van der Waals surface area contributed by atoms with E-state index >= 15 is 0 Å². The van der Waals surface area contributed by atoms with E-state index in [0.717, 1.165) is 11.0 Å². The van der Waals surface area contributed by atoms with E-state index in [9.17, 15) is 41.5 Å². The van der Waals surface area contributed by atoms with E-state index in [4.69, 9.17) is 0 Å². The Morgan fingerprint density at radius 3 is 2.46 bits per heavy atom. The topological polar surface area (TPSA) is 134 Å². The Hall–Kier alpha value is -3.55. The Balaban J connectivity index is 1.63. The van der Waals surface area contributed by atoms with E-state index in [2.05, 4.69) is 20.7 Å². The van der Waals surface area contributed by atoms with Crippen LogP contribution in [-0.4, -0.2) is 72.5 Å². The molecule has 10 nitrogen and oxygen atoms in total. The lowest BCUT2D eigenvalue weighted by Gasteiger charge is -2.39. The zero-order chi connectivity index (χ0) is 25.8. The highest BCUT2D eigenvalue weighted by molar-refractivity contribution is 6.40. The van der Waals surface area contributed by atoms with Crippen molar-refractivity contribution in [3.8, 4) is 0 Å². The van der Waals surface area contributed by atoms with Gasteiger partial charge in [-0.05, 0) is 31.4 Å². The molecule has 3 atom stereocenters. The number of ketones is 1. The number of nitrogens with one attached hydrogen (secondary N) is 3. The van der Waals surface area contributed by atoms with Crippen LogP contribution in [0.25, 0.3) is 0 Å². The van der Waals surface area contributed by atoms with Crippen molar-refractivity contribution in [1.29, 1.82) is 0 Å². The van der Waals surface area contributed by atoms with Crippen LogP contribution in [0.15, 0.2) is 24.3 Å². The lowest BCUT2D eigenvalue weighted by Crippen LogP contribution is -2.62. The summed E-state index contributed by atoms with van der Waals surface area (Å²) in [7, 11) is 0. The molecule has 0 aliphatic carbocycles. The Kier molecular flexibility index (Phi) is 8.04. The van der Waals surface area contributed by atoms with Gasteiger partial charge in [0.2, 0.25) is 11.8 Å². The fourth-order valence-electron chi connectivity index (χ4n) is 3.72. The number of rotatable bonds is 8. The molecule has 0 radical (unpaired) electrons. The fraction of sp³-hybridized carbons (Fsp3) is 0.476. The largest absolute Gasteiger partial charge is 0.522 e. The summed E-state index contributed by atoms with van der Waals surface area (Å²) in [6.45, 7) is -1.04. The minimum Gasteiger partial charge on any atom is -0.356 e. The number of alkyl halides is 3. The Labute approximate surface area is 196 Å². The van der Waals surface area contributed by atoms with Crippen molar-refractivity contribution < 1.29 is 46.3 Å². The number of carbonyl (C=O) groups excluding carboxylic acids is 5. The van der Waals surface area contributed by atoms with Crippen LogP contribution in [0.3, 0.4) is 0 Å². The molecule has 1 aromatic rings. The van der Waals surface area contributed by atoms with Gasteiger partial charge in [0.1, 0.15) is 18.5 Å². The molecule has 2 aliphatic heterocycles. The first-order chi connectivity index (χ1) is 16.5. The fourth-order valence-corrected chi connectivity index (χ4v) is 3.72. The van der Waals surface area contributed by atoms with Gasteiger partial charge in [-0.15, -0.1) is 13.2 Å². The van der Waals surface area contributed by atoms with E-state index in [1.165, 1.54) is 18.2 Å². The van der Waals surface area contributed by atoms with Gasteiger partial charge in [-0.1, -0.05) is 12.1 Å². The van der Waals surface area contributed by atoms with Crippen LogP contribution in [0.5, 0.6) is 0 Å². The first kappa shape index (κ1) is 26.1. The summed E-state index contributed by atoms with van der Waals surface area (Å²) in [6.07, 6.45) is -4.89. The average Bonchev–Trinajstić information content (AvgIpc) is 3.16. The zero-order valence-electron chi connectivity index (χ0n) is 18.2. The Morgan fingerprint density at radius 2 is 1.89 bits per heavy atom. The van der Waals surface area contributed by atoms with Gasteiger partial charge in [0.05, 0.1) is 11.7 Å². The highest BCUT2D eigenvalue weighted by atomic mass is 19.4. The number of hydrogen-bond donors (Lipinski definition) is 3. The van der Waals surface area contributed by atoms with Crippen molar-refractivity contribution in [2.24, 2.45) is 5.92 Å². The average molecular weight is 502 g/mol. The second-order valence-corrected chi connectivity index (χ2v) is 8.01. The van der Waals surface area contributed by atoms with Gasteiger partial charge in [0.15, 0.2) is 5.78 Å². The molecule has 190 valence electrons. The van der Waals surface area contributed by atoms with Gasteiger partial charge in [0, 0.05) is 19.0 Å². The van der Waals surface area contributed by atoms with Crippen molar-refractivity contribution in [3.63, 3.8) is 0 Å². The quantitative estimate of drug-likeness (QED) is 0.350. The van der Waals surface area contributed by atoms with Crippen molar-refractivity contribution in [3.05, 3.63) is 30.1 Å². The maximum Gasteiger partial charge on any atom is 0.522 e. The molecule has 35 heavy (non-hydrogen) atoms. The SMILES string of the molecule is O=C(Nc1ccccc1F)C(=O)N1CCC1C(=O)NC(CC1CCNC1=O)C(=O)COC(F)(F)F. The summed E-state index contributed by atoms with van der Waals surface area (Å²) < 4.78 is 54.4. The van der Waals surface area contributed by atoms with Gasteiger partial charge in [0.25, 0.3) is 0 Å². The number of carbonyl (C=O) groups is 5. The van der Waals surface area contributed by atoms with E-state index in [1.54, 1.807) is 0 Å². The molecule has 3 N–H and O–H groups in total. The van der Waals surface area contributed by atoms with Crippen LogP contribution in [0.1, 0.15) is 19.3 Å². The van der Waals surface area contributed by atoms with Gasteiger partial charge in [-0.3, -0.25) is 28.7 Å². The van der Waals surface area contributed by atoms with Crippen LogP contribution in [0.4, 0.5) is 23.2 Å². The molecule has 0 spiro atoms. The number of Topliss-reactive ketones (excluding diaryl/α,β-unsaturated/α-hetero) is 1. The van der Waals surface area contributed by atoms with Gasteiger partial charge in [-0.2, -0.15) is 0 Å². The molecule has 3 unspecified atom stereocenters. The third-order valence-electron chi connectivity index (χ3n) is 5.67. The second-order valence-electron chi connectivity index (χ2n) is 8.01. The molecule has 0 bridgehead atoms. The monoisotopic (exact) mass is 502 g/mol. The maximum absolute atomic E-state index is 13.7. The van der Waals surface area contributed by atoms with Crippen LogP contribution >= 0.6 is 0 Å². The molecular weight excluding hydrogens is 480 g/mol. The van der Waals surface area contributed by atoms with Gasteiger partial charge in [-0.25, -0.2) is 4.39 Å². The summed E-state index contributed by atoms with van der Waals surface area (Å²) in [6, 6.07) is 2.47. The molecule has 2 fully saturated rings. The molecule has 14 heteroatoms. The number of benzene rings is 1. The van der Waals surface area contributed by atoms with E-state index in [-0.39, 0.29) is 25.1 Å². The molecule has 3 rings (SSSR count). The van der Waals surface area contributed by atoms with E-state index in [0.29, 0.717) is 13.0 Å². The summed E-state index contributed by atoms with van der Waals surface area (Å²) in [5, 5.41) is 6.92. The maximum atomic E-state index is 13.7. The van der Waals surface area contributed by atoms with Gasteiger partial charge < -0.3 is 20.9 Å². The number of likely N-dealkylation sites (tertiary alicyclic amines) is 1. The minimum atomic E-state index is -5.07. The number of para-hydroxylation sites is 1. The summed E-state index contributed by atoms with van der Waals surface area (Å²) in [5.74, 6) is -6.19. The Morgan fingerprint density at radius 1 is 1.17 bits per heavy atom. The molecule has 0 aromatic heterocycles. The third kappa shape index (κ3) is 6.74. The number of nitrogens with zero attached hydrogens (tertiary/aromatic N) is 1. The number of ether oxygens (including phenoxy) is 1.